The summed E-state index contributed by atoms with van der Waals surface area (Å²) in [5, 5.41) is 23.7. The predicted octanol–water partition coefficient (Wildman–Crippen LogP) is 3.34. The van der Waals surface area contributed by atoms with E-state index in [0.717, 1.165) is 3.57 Å². The molecule has 2 aromatic carbocycles. The van der Waals surface area contributed by atoms with Crippen LogP contribution in [-0.2, 0) is 0 Å². The maximum absolute atomic E-state index is 11.8. The van der Waals surface area contributed by atoms with E-state index >= 15 is 0 Å². The van der Waals surface area contributed by atoms with Crippen LogP contribution in [0.3, 0.4) is 0 Å². The highest BCUT2D eigenvalue weighted by molar-refractivity contribution is 14.1. The fourth-order valence-electron chi connectivity index (χ4n) is 1.63. The fraction of sp³-hybridized carbons (Fsp3) is 0. The molecule has 7 heteroatoms. The number of carboxylic acids is 1. The summed E-state index contributed by atoms with van der Waals surface area (Å²) in [6.45, 7) is 0. The predicted molar refractivity (Wildman–Crippen MR) is 86.9 cm³/mol. The van der Waals surface area contributed by atoms with Crippen LogP contribution in [-0.4, -0.2) is 22.2 Å². The quantitative estimate of drug-likeness (QED) is 0.471. The number of aromatic carboxylic acids is 1. The van der Waals surface area contributed by atoms with Crippen molar-refractivity contribution in [2.45, 2.75) is 0 Å². The summed E-state index contributed by atoms with van der Waals surface area (Å²) in [5.74, 6) is -1.75. The molecule has 0 bridgehead atoms. The van der Waals surface area contributed by atoms with E-state index < -0.39 is 17.7 Å². The minimum absolute atomic E-state index is 0.0258. The van der Waals surface area contributed by atoms with E-state index in [-0.39, 0.29) is 11.3 Å². The van der Waals surface area contributed by atoms with E-state index in [4.69, 9.17) is 5.11 Å². The van der Waals surface area contributed by atoms with E-state index in [1.54, 1.807) is 12.1 Å². The molecule has 0 fully saturated rings. The number of carbonyl (C=O) groups excluding carboxylic acids is 1. The van der Waals surface area contributed by atoms with Gasteiger partial charge in [0.1, 0.15) is 5.56 Å². The largest absolute Gasteiger partial charge is 0.505 e. The minimum Gasteiger partial charge on any atom is -0.505 e. The summed E-state index contributed by atoms with van der Waals surface area (Å²) >= 11 is 2.15. The van der Waals surface area contributed by atoms with Gasteiger partial charge in [-0.2, -0.15) is 0 Å². The lowest BCUT2D eigenvalue weighted by atomic mass is 10.1. The summed E-state index contributed by atoms with van der Waals surface area (Å²) in [5.41, 5.74) is 0.335. The first-order chi connectivity index (χ1) is 9.97. The van der Waals surface area contributed by atoms with Crippen LogP contribution in [0.25, 0.3) is 0 Å². The van der Waals surface area contributed by atoms with Gasteiger partial charge in [0.2, 0.25) is 0 Å². The molecule has 4 N–H and O–H groups in total. The van der Waals surface area contributed by atoms with Gasteiger partial charge in [-0.3, -0.25) is 0 Å². The SMILES string of the molecule is O=C(Nc1ccc(I)cc1)Nc1cccc(C(=O)O)c1O. The lowest BCUT2D eigenvalue weighted by Gasteiger charge is -2.10. The number of phenols is 1. The Morgan fingerprint density at radius 1 is 1.00 bits per heavy atom. The third kappa shape index (κ3) is 3.85. The second kappa shape index (κ2) is 6.44. The van der Waals surface area contributed by atoms with E-state index in [1.807, 2.05) is 12.1 Å². The number of hydrogen-bond acceptors (Lipinski definition) is 3. The highest BCUT2D eigenvalue weighted by Crippen LogP contribution is 2.27. The van der Waals surface area contributed by atoms with E-state index in [1.165, 1.54) is 18.2 Å². The Hall–Kier alpha value is -2.29. The molecule has 2 amide bonds. The van der Waals surface area contributed by atoms with Crippen LogP contribution in [0.15, 0.2) is 42.5 Å². The van der Waals surface area contributed by atoms with Crippen LogP contribution in [0.5, 0.6) is 5.75 Å². The molecule has 108 valence electrons. The maximum Gasteiger partial charge on any atom is 0.339 e. The summed E-state index contributed by atoms with van der Waals surface area (Å²) < 4.78 is 1.03. The van der Waals surface area contributed by atoms with Crippen molar-refractivity contribution >= 4 is 46.0 Å². The molecule has 0 aliphatic carbocycles. The summed E-state index contributed by atoms with van der Waals surface area (Å²) in [6.07, 6.45) is 0. The van der Waals surface area contributed by atoms with Crippen molar-refractivity contribution in [3.63, 3.8) is 0 Å². The first kappa shape index (κ1) is 15.1. The number of anilines is 2. The van der Waals surface area contributed by atoms with Gasteiger partial charge in [-0.1, -0.05) is 6.07 Å². The molecule has 0 atom stereocenters. The first-order valence-corrected chi connectivity index (χ1v) is 6.94. The van der Waals surface area contributed by atoms with Gasteiger partial charge in [0.15, 0.2) is 5.75 Å². The molecular weight excluding hydrogens is 387 g/mol. The number of aromatic hydroxyl groups is 1. The lowest BCUT2D eigenvalue weighted by molar-refractivity contribution is 0.0694. The molecule has 2 rings (SSSR count). The maximum atomic E-state index is 11.8. The standard InChI is InChI=1S/C14H11IN2O4/c15-8-4-6-9(7-5-8)16-14(21)17-11-3-1-2-10(12(11)18)13(19)20/h1-7,18H,(H,19,20)(H2,16,17,21). The topological polar surface area (TPSA) is 98.7 Å². The van der Waals surface area contributed by atoms with Crippen molar-refractivity contribution < 1.29 is 19.8 Å². The molecule has 0 aliphatic heterocycles. The number of nitrogens with one attached hydrogen (secondary N) is 2. The van der Waals surface area contributed by atoms with Crippen LogP contribution in [0.4, 0.5) is 16.2 Å². The van der Waals surface area contributed by atoms with Gasteiger partial charge in [-0.05, 0) is 59.0 Å². The zero-order valence-electron chi connectivity index (χ0n) is 10.6. The van der Waals surface area contributed by atoms with Gasteiger partial charge in [0.25, 0.3) is 0 Å². The second-order valence-electron chi connectivity index (χ2n) is 4.09. The number of carbonyl (C=O) groups is 2. The van der Waals surface area contributed by atoms with Crippen molar-refractivity contribution in [1.29, 1.82) is 0 Å². The van der Waals surface area contributed by atoms with Crippen molar-refractivity contribution in [3.8, 4) is 5.75 Å². The third-order valence-electron chi connectivity index (χ3n) is 2.62. The van der Waals surface area contributed by atoms with Gasteiger partial charge >= 0.3 is 12.0 Å². The average Bonchev–Trinajstić information content (AvgIpc) is 2.43. The Balaban J connectivity index is 2.11. The summed E-state index contributed by atoms with van der Waals surface area (Å²) in [4.78, 5) is 22.7. The zero-order chi connectivity index (χ0) is 15.4. The Bertz CT molecular complexity index is 686. The van der Waals surface area contributed by atoms with Crippen molar-refractivity contribution in [2.24, 2.45) is 0 Å². The van der Waals surface area contributed by atoms with Crippen LogP contribution in [0.1, 0.15) is 10.4 Å². The van der Waals surface area contributed by atoms with Crippen LogP contribution < -0.4 is 10.6 Å². The Kier molecular flexibility index (Phi) is 4.63. The number of hydrogen-bond donors (Lipinski definition) is 4. The van der Waals surface area contributed by atoms with Crippen molar-refractivity contribution in [2.75, 3.05) is 10.6 Å². The molecule has 21 heavy (non-hydrogen) atoms. The Labute approximate surface area is 133 Å². The van der Waals surface area contributed by atoms with E-state index in [0.29, 0.717) is 5.69 Å². The normalized spacial score (nSPS) is 9.95. The molecule has 0 spiro atoms. The molecular formula is C14H11IN2O4. The zero-order valence-corrected chi connectivity index (χ0v) is 12.8. The third-order valence-corrected chi connectivity index (χ3v) is 3.34. The number of amides is 2. The van der Waals surface area contributed by atoms with E-state index in [9.17, 15) is 14.7 Å². The van der Waals surface area contributed by atoms with Gasteiger partial charge in [-0.15, -0.1) is 0 Å². The Morgan fingerprint density at radius 3 is 2.29 bits per heavy atom. The smallest absolute Gasteiger partial charge is 0.339 e. The second-order valence-corrected chi connectivity index (χ2v) is 5.34. The fourth-order valence-corrected chi connectivity index (χ4v) is 1.99. The molecule has 6 nitrogen and oxygen atoms in total. The van der Waals surface area contributed by atoms with Crippen LogP contribution in [0.2, 0.25) is 0 Å². The minimum atomic E-state index is -1.27. The van der Waals surface area contributed by atoms with Crippen molar-refractivity contribution in [1.82, 2.24) is 0 Å². The number of halogens is 1. The average molecular weight is 398 g/mol. The Morgan fingerprint density at radius 2 is 1.67 bits per heavy atom. The molecule has 0 aromatic heterocycles. The first-order valence-electron chi connectivity index (χ1n) is 5.86. The number of rotatable bonds is 3. The number of carboxylic acid groups (broad SMARTS) is 1. The van der Waals surface area contributed by atoms with Crippen LogP contribution in [0, 0.1) is 3.57 Å². The molecule has 0 unspecified atom stereocenters. The lowest BCUT2D eigenvalue weighted by Crippen LogP contribution is -2.19. The summed E-state index contributed by atoms with van der Waals surface area (Å²) in [7, 11) is 0. The molecule has 0 radical (unpaired) electrons. The molecule has 0 heterocycles. The number of urea groups is 1. The highest BCUT2D eigenvalue weighted by Gasteiger charge is 2.14. The molecule has 2 aromatic rings. The monoisotopic (exact) mass is 398 g/mol. The highest BCUT2D eigenvalue weighted by atomic mass is 127. The van der Waals surface area contributed by atoms with Crippen LogP contribution >= 0.6 is 22.6 Å². The van der Waals surface area contributed by atoms with E-state index in [2.05, 4.69) is 33.2 Å². The van der Waals surface area contributed by atoms with Gasteiger partial charge in [0, 0.05) is 9.26 Å². The number of benzene rings is 2. The van der Waals surface area contributed by atoms with Gasteiger partial charge < -0.3 is 20.8 Å². The summed E-state index contributed by atoms with van der Waals surface area (Å²) in [6, 6.07) is 10.6. The molecule has 0 saturated heterocycles. The van der Waals surface area contributed by atoms with Crippen molar-refractivity contribution in [3.05, 3.63) is 51.6 Å². The molecule has 0 aliphatic rings. The van der Waals surface area contributed by atoms with Gasteiger partial charge in [0.05, 0.1) is 5.69 Å². The number of para-hydroxylation sites is 1. The molecule has 0 saturated carbocycles. The van der Waals surface area contributed by atoms with Gasteiger partial charge in [-0.25, -0.2) is 9.59 Å².